The molecule has 0 aromatic carbocycles. The average molecular weight is 449 g/mol. The molecule has 0 fully saturated rings. The smallest absolute Gasteiger partial charge is 0.377 e. The summed E-state index contributed by atoms with van der Waals surface area (Å²) in [6, 6.07) is 0.810. The zero-order valence-electron chi connectivity index (χ0n) is 19.8. The topological polar surface area (TPSA) is 44.8 Å². The number of thioether (sulfide) groups is 1. The fraction of sp³-hybridized carbons (Fsp3) is 0.957. The summed E-state index contributed by atoms with van der Waals surface area (Å²) in [7, 11) is 2.50. The van der Waals surface area contributed by atoms with E-state index in [1.54, 1.807) is 21.3 Å². The molecular formula is C23H48O4SSi. The summed E-state index contributed by atoms with van der Waals surface area (Å²) in [5.74, 6) is 0.888. The molecule has 0 amide bonds. The van der Waals surface area contributed by atoms with Crippen LogP contribution in [0.15, 0.2) is 0 Å². The maximum Gasteiger partial charge on any atom is 0.500 e. The second-order valence-corrected chi connectivity index (χ2v) is 12.2. The van der Waals surface area contributed by atoms with E-state index < -0.39 is 8.80 Å². The summed E-state index contributed by atoms with van der Waals surface area (Å²) in [6.07, 6.45) is 20.2. The lowest BCUT2D eigenvalue weighted by molar-refractivity contribution is -0.111. The van der Waals surface area contributed by atoms with Gasteiger partial charge in [-0.25, -0.2) is 0 Å². The van der Waals surface area contributed by atoms with Crippen LogP contribution in [0.1, 0.15) is 110 Å². The molecule has 0 aromatic heterocycles. The molecule has 0 aliphatic carbocycles. The van der Waals surface area contributed by atoms with Gasteiger partial charge in [0.15, 0.2) is 5.12 Å². The molecule has 0 saturated carbocycles. The third-order valence-corrected chi connectivity index (χ3v) is 9.41. The lowest BCUT2D eigenvalue weighted by Crippen LogP contribution is -2.42. The fourth-order valence-electron chi connectivity index (χ4n) is 3.55. The Labute approximate surface area is 186 Å². The van der Waals surface area contributed by atoms with Crippen LogP contribution in [0.3, 0.4) is 0 Å². The molecule has 0 spiro atoms. The van der Waals surface area contributed by atoms with Crippen molar-refractivity contribution in [2.45, 2.75) is 116 Å². The first-order valence-electron chi connectivity index (χ1n) is 11.9. The highest BCUT2D eigenvalue weighted by molar-refractivity contribution is 8.13. The molecule has 0 unspecified atom stereocenters. The van der Waals surface area contributed by atoms with Crippen LogP contribution in [-0.4, -0.2) is 41.0 Å². The van der Waals surface area contributed by atoms with Gasteiger partial charge in [-0.1, -0.05) is 95.7 Å². The molecule has 6 heteroatoms. The predicted octanol–water partition coefficient (Wildman–Crippen LogP) is 7.39. The molecule has 174 valence electrons. The summed E-state index contributed by atoms with van der Waals surface area (Å²) in [5, 5.41) is 0.349. The Bertz CT molecular complexity index is 357. The van der Waals surface area contributed by atoms with Gasteiger partial charge in [0.2, 0.25) is 0 Å². The minimum atomic E-state index is -2.44. The first kappa shape index (κ1) is 29.1. The van der Waals surface area contributed by atoms with Gasteiger partial charge in [-0.15, -0.1) is 0 Å². The van der Waals surface area contributed by atoms with E-state index in [2.05, 4.69) is 6.92 Å². The quantitative estimate of drug-likeness (QED) is 0.128. The van der Waals surface area contributed by atoms with Crippen molar-refractivity contribution in [1.82, 2.24) is 0 Å². The molecule has 0 radical (unpaired) electrons. The van der Waals surface area contributed by atoms with Crippen LogP contribution in [0.2, 0.25) is 6.04 Å². The number of carbonyl (C=O) groups excluding carboxylic acids is 1. The standard InChI is InChI=1S/C23H48O4SSi/c1-5-6-7-8-9-10-11-12-13-14-15-16-17-20-23(24)28-21-18-19-22-29(25-2,26-3)27-4/h5-22H2,1-4H3. The Kier molecular flexibility index (Phi) is 21.4. The molecule has 0 aliphatic heterocycles. The highest BCUT2D eigenvalue weighted by Crippen LogP contribution is 2.19. The zero-order valence-corrected chi connectivity index (χ0v) is 21.6. The summed E-state index contributed by atoms with van der Waals surface area (Å²) in [6.45, 7) is 2.27. The molecule has 0 aromatic rings. The van der Waals surface area contributed by atoms with Gasteiger partial charge in [0.25, 0.3) is 0 Å². The highest BCUT2D eigenvalue weighted by Gasteiger charge is 2.36. The number of unbranched alkanes of at least 4 members (excludes halogenated alkanes) is 13. The van der Waals surface area contributed by atoms with Crippen molar-refractivity contribution in [3.63, 3.8) is 0 Å². The number of rotatable bonds is 22. The van der Waals surface area contributed by atoms with E-state index in [0.29, 0.717) is 5.12 Å². The van der Waals surface area contributed by atoms with Crippen molar-refractivity contribution in [1.29, 1.82) is 0 Å². The number of hydrogen-bond acceptors (Lipinski definition) is 5. The van der Waals surface area contributed by atoms with Crippen molar-refractivity contribution in [2.24, 2.45) is 0 Å². The van der Waals surface area contributed by atoms with Crippen molar-refractivity contribution in [3.05, 3.63) is 0 Å². The third-order valence-electron chi connectivity index (χ3n) is 5.56. The first-order chi connectivity index (χ1) is 14.1. The molecule has 0 N–H and O–H groups in total. The summed E-state index contributed by atoms with van der Waals surface area (Å²) >= 11 is 1.49. The molecule has 4 nitrogen and oxygen atoms in total. The van der Waals surface area contributed by atoms with E-state index in [1.165, 1.54) is 88.8 Å². The summed E-state index contributed by atoms with van der Waals surface area (Å²) in [4.78, 5) is 12.0. The second kappa shape index (κ2) is 21.4. The SMILES string of the molecule is CCCCCCCCCCCCCCCC(=O)SCCCC[Si](OC)(OC)OC. The normalized spacial score (nSPS) is 11.9. The lowest BCUT2D eigenvalue weighted by Gasteiger charge is -2.24. The van der Waals surface area contributed by atoms with Gasteiger partial charge in [-0.3, -0.25) is 4.79 Å². The third kappa shape index (κ3) is 17.5. The molecule has 0 bridgehead atoms. The Morgan fingerprint density at radius 1 is 0.655 bits per heavy atom. The Morgan fingerprint density at radius 2 is 1.10 bits per heavy atom. The minimum absolute atomic E-state index is 0.349. The zero-order chi connectivity index (χ0) is 21.6. The van der Waals surface area contributed by atoms with Crippen LogP contribution in [0.5, 0.6) is 0 Å². The van der Waals surface area contributed by atoms with Crippen LogP contribution in [0, 0.1) is 0 Å². The molecule has 29 heavy (non-hydrogen) atoms. The first-order valence-corrected chi connectivity index (χ1v) is 14.9. The van der Waals surface area contributed by atoms with Gasteiger partial charge in [-0.05, 0) is 19.3 Å². The van der Waals surface area contributed by atoms with E-state index in [0.717, 1.165) is 37.5 Å². The average Bonchev–Trinajstić information content (AvgIpc) is 2.74. The molecular weight excluding hydrogens is 400 g/mol. The minimum Gasteiger partial charge on any atom is -0.377 e. The largest absolute Gasteiger partial charge is 0.500 e. The lowest BCUT2D eigenvalue weighted by atomic mass is 10.0. The Balaban J connectivity index is 3.36. The van der Waals surface area contributed by atoms with Crippen LogP contribution < -0.4 is 0 Å². The highest BCUT2D eigenvalue weighted by atomic mass is 32.2. The van der Waals surface area contributed by atoms with Gasteiger partial charge in [-0.2, -0.15) is 0 Å². The summed E-state index contributed by atoms with van der Waals surface area (Å²) in [5.41, 5.74) is 0. The van der Waals surface area contributed by atoms with Gasteiger partial charge in [0.05, 0.1) is 0 Å². The van der Waals surface area contributed by atoms with E-state index in [-0.39, 0.29) is 0 Å². The predicted molar refractivity (Wildman–Crippen MR) is 129 cm³/mol. The molecule has 0 rings (SSSR count). The van der Waals surface area contributed by atoms with Crippen molar-refractivity contribution in [2.75, 3.05) is 27.1 Å². The van der Waals surface area contributed by atoms with E-state index >= 15 is 0 Å². The fourth-order valence-corrected chi connectivity index (χ4v) is 6.21. The van der Waals surface area contributed by atoms with Crippen LogP contribution >= 0.6 is 11.8 Å². The van der Waals surface area contributed by atoms with Crippen LogP contribution in [0.4, 0.5) is 0 Å². The second-order valence-electron chi connectivity index (χ2n) is 7.97. The number of carbonyl (C=O) groups is 1. The Morgan fingerprint density at radius 3 is 1.55 bits per heavy atom. The maximum absolute atomic E-state index is 12.0. The van der Waals surface area contributed by atoms with E-state index in [4.69, 9.17) is 13.3 Å². The van der Waals surface area contributed by atoms with Crippen molar-refractivity contribution >= 4 is 25.7 Å². The van der Waals surface area contributed by atoms with Crippen molar-refractivity contribution in [3.8, 4) is 0 Å². The van der Waals surface area contributed by atoms with E-state index in [1.807, 2.05) is 0 Å². The monoisotopic (exact) mass is 448 g/mol. The molecule has 0 aliphatic rings. The van der Waals surface area contributed by atoms with Crippen molar-refractivity contribution < 1.29 is 18.1 Å². The maximum atomic E-state index is 12.0. The Hall–Kier alpha value is 0.117. The van der Waals surface area contributed by atoms with Crippen LogP contribution in [0.25, 0.3) is 0 Å². The van der Waals surface area contributed by atoms with Gasteiger partial charge < -0.3 is 13.3 Å². The summed E-state index contributed by atoms with van der Waals surface area (Å²) < 4.78 is 16.2. The van der Waals surface area contributed by atoms with Gasteiger partial charge >= 0.3 is 8.80 Å². The van der Waals surface area contributed by atoms with E-state index in [9.17, 15) is 4.79 Å². The molecule has 0 heterocycles. The molecule has 0 saturated heterocycles. The molecule has 0 atom stereocenters. The van der Waals surface area contributed by atoms with Crippen LogP contribution in [-0.2, 0) is 18.1 Å². The van der Waals surface area contributed by atoms with Gasteiger partial charge in [0, 0.05) is 39.5 Å². The van der Waals surface area contributed by atoms with Gasteiger partial charge in [0.1, 0.15) is 0 Å². The number of hydrogen-bond donors (Lipinski definition) is 0.